The van der Waals surface area contributed by atoms with Crippen LogP contribution in [0.3, 0.4) is 0 Å². The molecule has 140 valence electrons. The highest BCUT2D eigenvalue weighted by Gasteiger charge is 2.25. The monoisotopic (exact) mass is 369 g/mol. The molecular formula is C17H27N3O4S. The summed E-state index contributed by atoms with van der Waals surface area (Å²) in [5.74, 6) is -0.818. The van der Waals surface area contributed by atoms with E-state index in [1.807, 2.05) is 13.8 Å². The minimum atomic E-state index is -3.70. The van der Waals surface area contributed by atoms with Gasteiger partial charge in [0.1, 0.15) is 6.04 Å². The third-order valence-corrected chi connectivity index (χ3v) is 4.92. The molecule has 0 spiro atoms. The number of hydrogen-bond donors (Lipinski definition) is 3. The maximum Gasteiger partial charge on any atom is 0.247 e. The van der Waals surface area contributed by atoms with Crippen LogP contribution in [0, 0.1) is 5.92 Å². The second-order valence-corrected chi connectivity index (χ2v) is 8.98. The Morgan fingerprint density at radius 3 is 2.20 bits per heavy atom. The van der Waals surface area contributed by atoms with Gasteiger partial charge in [0.05, 0.1) is 4.90 Å². The molecule has 0 aliphatic rings. The first-order valence-corrected chi connectivity index (χ1v) is 9.52. The smallest absolute Gasteiger partial charge is 0.247 e. The van der Waals surface area contributed by atoms with Crippen LogP contribution in [0.5, 0.6) is 0 Å². The van der Waals surface area contributed by atoms with Crippen molar-refractivity contribution in [1.82, 2.24) is 10.0 Å². The SMILES string of the molecule is CC(=O)NC(C(=O)Nc1cccc(S(=O)(=O)NC(C)(C)C)c1)C(C)C. The quantitative estimate of drug-likeness (QED) is 0.712. The number of carbonyl (C=O) groups is 2. The maximum absolute atomic E-state index is 12.4. The molecule has 0 heterocycles. The standard InChI is InChI=1S/C17H27N3O4S/c1-11(2)15(18-12(3)21)16(22)19-13-8-7-9-14(10-13)25(23,24)20-17(4,5)6/h7-11,15,20H,1-6H3,(H,18,21)(H,19,22). The number of benzene rings is 1. The van der Waals surface area contributed by atoms with E-state index in [0.29, 0.717) is 5.69 Å². The molecule has 0 fully saturated rings. The van der Waals surface area contributed by atoms with Crippen LogP contribution in [0.1, 0.15) is 41.5 Å². The number of rotatable bonds is 6. The third-order valence-electron chi connectivity index (χ3n) is 3.16. The molecule has 0 saturated carbocycles. The summed E-state index contributed by atoms with van der Waals surface area (Å²) in [5, 5.41) is 5.25. The summed E-state index contributed by atoms with van der Waals surface area (Å²) in [5.41, 5.74) is -0.274. The Morgan fingerprint density at radius 2 is 1.72 bits per heavy atom. The van der Waals surface area contributed by atoms with Crippen molar-refractivity contribution < 1.29 is 18.0 Å². The molecule has 1 atom stereocenters. The van der Waals surface area contributed by atoms with Crippen molar-refractivity contribution in [3.63, 3.8) is 0 Å². The van der Waals surface area contributed by atoms with Crippen LogP contribution in [-0.4, -0.2) is 31.8 Å². The molecule has 7 nitrogen and oxygen atoms in total. The Balaban J connectivity index is 3.02. The highest BCUT2D eigenvalue weighted by atomic mass is 32.2. The van der Waals surface area contributed by atoms with Gasteiger partial charge in [0.2, 0.25) is 21.8 Å². The molecule has 0 aliphatic carbocycles. The molecule has 0 aliphatic heterocycles. The molecule has 3 N–H and O–H groups in total. The predicted molar refractivity (Wildman–Crippen MR) is 97.6 cm³/mol. The Kier molecular flexibility index (Phi) is 6.73. The van der Waals surface area contributed by atoms with Crippen molar-refractivity contribution in [2.45, 2.75) is 58.0 Å². The van der Waals surface area contributed by atoms with Crippen LogP contribution in [0.15, 0.2) is 29.2 Å². The fraction of sp³-hybridized carbons (Fsp3) is 0.529. The first kappa shape index (κ1) is 21.1. The molecule has 8 heteroatoms. The lowest BCUT2D eigenvalue weighted by Gasteiger charge is -2.22. The summed E-state index contributed by atoms with van der Waals surface area (Å²) < 4.78 is 27.3. The normalized spacial score (nSPS) is 13.4. The minimum absolute atomic E-state index is 0.0563. The lowest BCUT2D eigenvalue weighted by molar-refractivity contribution is -0.126. The zero-order chi connectivity index (χ0) is 19.4. The van der Waals surface area contributed by atoms with Gasteiger partial charge in [0.25, 0.3) is 0 Å². The number of anilines is 1. The largest absolute Gasteiger partial charge is 0.344 e. The van der Waals surface area contributed by atoms with Crippen molar-refractivity contribution in [2.24, 2.45) is 5.92 Å². The van der Waals surface area contributed by atoms with Crippen molar-refractivity contribution in [3.05, 3.63) is 24.3 Å². The zero-order valence-corrected chi connectivity index (χ0v) is 16.3. The Bertz CT molecular complexity index is 737. The molecule has 25 heavy (non-hydrogen) atoms. The molecule has 0 aromatic heterocycles. The van der Waals surface area contributed by atoms with E-state index >= 15 is 0 Å². The van der Waals surface area contributed by atoms with Gasteiger partial charge in [-0.05, 0) is 44.9 Å². The molecule has 0 saturated heterocycles. The van der Waals surface area contributed by atoms with Gasteiger partial charge in [-0.2, -0.15) is 0 Å². The lowest BCUT2D eigenvalue weighted by atomic mass is 10.0. The van der Waals surface area contributed by atoms with E-state index < -0.39 is 27.5 Å². The van der Waals surface area contributed by atoms with E-state index in [0.717, 1.165) is 0 Å². The lowest BCUT2D eigenvalue weighted by Crippen LogP contribution is -2.46. The second-order valence-electron chi connectivity index (χ2n) is 7.29. The van der Waals surface area contributed by atoms with E-state index in [9.17, 15) is 18.0 Å². The van der Waals surface area contributed by atoms with E-state index in [1.165, 1.54) is 19.1 Å². The van der Waals surface area contributed by atoms with E-state index in [2.05, 4.69) is 15.4 Å². The van der Waals surface area contributed by atoms with Gasteiger partial charge < -0.3 is 10.6 Å². The van der Waals surface area contributed by atoms with Crippen LogP contribution in [0.25, 0.3) is 0 Å². The van der Waals surface area contributed by atoms with Crippen molar-refractivity contribution >= 4 is 27.5 Å². The highest BCUT2D eigenvalue weighted by molar-refractivity contribution is 7.89. The second kappa shape index (κ2) is 7.97. The van der Waals surface area contributed by atoms with Crippen molar-refractivity contribution in [1.29, 1.82) is 0 Å². The molecule has 1 rings (SSSR count). The van der Waals surface area contributed by atoms with Crippen LogP contribution >= 0.6 is 0 Å². The molecule has 0 bridgehead atoms. The third kappa shape index (κ3) is 6.83. The molecular weight excluding hydrogens is 342 g/mol. The van der Waals surface area contributed by atoms with Gasteiger partial charge in [-0.3, -0.25) is 9.59 Å². The predicted octanol–water partition coefficient (Wildman–Crippen LogP) is 1.86. The van der Waals surface area contributed by atoms with Gasteiger partial charge in [-0.15, -0.1) is 0 Å². The van der Waals surface area contributed by atoms with Gasteiger partial charge in [0.15, 0.2) is 0 Å². The Hall–Kier alpha value is -1.93. The summed E-state index contributed by atoms with van der Waals surface area (Å²) in [7, 11) is -3.70. The summed E-state index contributed by atoms with van der Waals surface area (Å²) >= 11 is 0. The maximum atomic E-state index is 12.4. The average Bonchev–Trinajstić information content (AvgIpc) is 2.42. The zero-order valence-electron chi connectivity index (χ0n) is 15.5. The van der Waals surface area contributed by atoms with Gasteiger partial charge in [-0.1, -0.05) is 19.9 Å². The fourth-order valence-corrected chi connectivity index (χ4v) is 3.64. The average molecular weight is 369 g/mol. The van der Waals surface area contributed by atoms with Crippen LogP contribution in [-0.2, 0) is 19.6 Å². The molecule has 1 aromatic carbocycles. The number of sulfonamides is 1. The van der Waals surface area contributed by atoms with E-state index in [-0.39, 0.29) is 16.7 Å². The van der Waals surface area contributed by atoms with E-state index in [1.54, 1.807) is 32.9 Å². The molecule has 1 unspecified atom stereocenters. The Labute approximate surface area is 149 Å². The van der Waals surface area contributed by atoms with Crippen molar-refractivity contribution in [3.8, 4) is 0 Å². The first-order chi connectivity index (χ1) is 11.3. The molecule has 1 aromatic rings. The van der Waals surface area contributed by atoms with Crippen LogP contribution in [0.2, 0.25) is 0 Å². The van der Waals surface area contributed by atoms with Gasteiger partial charge >= 0.3 is 0 Å². The summed E-state index contributed by atoms with van der Waals surface area (Å²) in [6.07, 6.45) is 0. The van der Waals surface area contributed by atoms with Gasteiger partial charge in [0, 0.05) is 18.2 Å². The molecule has 2 amide bonds. The van der Waals surface area contributed by atoms with Crippen molar-refractivity contribution in [2.75, 3.05) is 5.32 Å². The summed E-state index contributed by atoms with van der Waals surface area (Å²) in [6.45, 7) is 10.2. The van der Waals surface area contributed by atoms with Gasteiger partial charge in [-0.25, -0.2) is 13.1 Å². The first-order valence-electron chi connectivity index (χ1n) is 8.04. The highest BCUT2D eigenvalue weighted by Crippen LogP contribution is 2.18. The Morgan fingerprint density at radius 1 is 1.12 bits per heavy atom. The number of hydrogen-bond acceptors (Lipinski definition) is 4. The fourth-order valence-electron chi connectivity index (χ4n) is 2.18. The number of amides is 2. The molecule has 0 radical (unpaired) electrons. The number of carbonyl (C=O) groups excluding carboxylic acids is 2. The van der Waals surface area contributed by atoms with Crippen LogP contribution < -0.4 is 15.4 Å². The van der Waals surface area contributed by atoms with E-state index in [4.69, 9.17) is 0 Å². The number of nitrogens with one attached hydrogen (secondary N) is 3. The van der Waals surface area contributed by atoms with Crippen LogP contribution in [0.4, 0.5) is 5.69 Å². The topological polar surface area (TPSA) is 104 Å². The summed E-state index contributed by atoms with van der Waals surface area (Å²) in [6, 6.07) is 5.29. The minimum Gasteiger partial charge on any atom is -0.344 e. The summed E-state index contributed by atoms with van der Waals surface area (Å²) in [4.78, 5) is 23.7.